The van der Waals surface area contributed by atoms with Gasteiger partial charge in [-0.1, -0.05) is 23.8 Å². The van der Waals surface area contributed by atoms with Crippen LogP contribution < -0.4 is 16.0 Å². The highest BCUT2D eigenvalue weighted by atomic mass is 35.5. The van der Waals surface area contributed by atoms with Crippen LogP contribution in [0.1, 0.15) is 39.6 Å². The van der Waals surface area contributed by atoms with Gasteiger partial charge in [0.1, 0.15) is 5.82 Å². The van der Waals surface area contributed by atoms with E-state index < -0.39 is 5.91 Å². The van der Waals surface area contributed by atoms with Gasteiger partial charge in [-0.2, -0.15) is 0 Å². The topological polar surface area (TPSA) is 102 Å². The van der Waals surface area contributed by atoms with Gasteiger partial charge in [-0.3, -0.25) is 14.5 Å². The van der Waals surface area contributed by atoms with E-state index in [0.29, 0.717) is 21.9 Å². The van der Waals surface area contributed by atoms with Crippen molar-refractivity contribution in [2.24, 2.45) is 0 Å². The summed E-state index contributed by atoms with van der Waals surface area (Å²) < 4.78 is 0. The maximum Gasteiger partial charge on any atom is 0.284 e. The molecule has 3 N–H and O–H groups in total. The van der Waals surface area contributed by atoms with Gasteiger partial charge in [-0.25, -0.2) is 9.97 Å². The number of fused-ring (bicyclic) bond motifs is 1. The van der Waals surface area contributed by atoms with Crippen molar-refractivity contribution in [3.63, 3.8) is 0 Å². The van der Waals surface area contributed by atoms with Crippen LogP contribution in [0.3, 0.4) is 0 Å². The lowest BCUT2D eigenvalue weighted by Gasteiger charge is -2.39. The second kappa shape index (κ2) is 11.9. The number of hydrogen-bond acceptors (Lipinski definition) is 8. The molecule has 0 aromatic carbocycles. The van der Waals surface area contributed by atoms with Crippen molar-refractivity contribution in [3.8, 4) is 0 Å². The number of thiocarbonyl (C=S) groups is 1. The summed E-state index contributed by atoms with van der Waals surface area (Å²) in [6, 6.07) is 3.20. The van der Waals surface area contributed by atoms with Crippen molar-refractivity contribution in [2.75, 3.05) is 26.5 Å². The number of pyridine rings is 1. The number of hydrogen-bond donors (Lipinski definition) is 3. The smallest absolute Gasteiger partial charge is 0.284 e. The van der Waals surface area contributed by atoms with Crippen LogP contribution in [0, 0.1) is 0 Å². The third-order valence-electron chi connectivity index (χ3n) is 6.17. The summed E-state index contributed by atoms with van der Waals surface area (Å²) in [5, 5.41) is 9.96. The molecule has 1 saturated carbocycles. The van der Waals surface area contributed by atoms with Crippen LogP contribution >= 0.6 is 47.6 Å². The maximum atomic E-state index is 13.1. The molecule has 3 atom stereocenters. The van der Waals surface area contributed by atoms with Crippen LogP contribution in [0.15, 0.2) is 18.3 Å². The van der Waals surface area contributed by atoms with Crippen LogP contribution in [0.4, 0.5) is 5.82 Å². The summed E-state index contributed by atoms with van der Waals surface area (Å²) in [4.78, 5) is 39.8. The van der Waals surface area contributed by atoms with Gasteiger partial charge in [0.25, 0.3) is 11.8 Å². The molecule has 0 unspecified atom stereocenters. The first-order chi connectivity index (χ1) is 16.2. The van der Waals surface area contributed by atoms with Gasteiger partial charge in [-0.15, -0.1) is 23.7 Å². The van der Waals surface area contributed by atoms with Crippen molar-refractivity contribution in [1.82, 2.24) is 30.4 Å². The Labute approximate surface area is 225 Å². The quantitative estimate of drug-likeness (QED) is 0.482. The van der Waals surface area contributed by atoms with Crippen molar-refractivity contribution in [2.45, 2.75) is 50.5 Å². The third kappa shape index (κ3) is 6.87. The highest BCUT2D eigenvalue weighted by Crippen LogP contribution is 2.28. The monoisotopic (exact) mass is 557 g/mol. The molecule has 2 aliphatic rings. The second-order valence-electron chi connectivity index (χ2n) is 8.97. The molecule has 0 saturated heterocycles. The van der Waals surface area contributed by atoms with E-state index in [0.717, 1.165) is 42.9 Å². The van der Waals surface area contributed by atoms with Gasteiger partial charge in [0, 0.05) is 36.2 Å². The highest BCUT2D eigenvalue weighted by molar-refractivity contribution is 7.82. The zero-order chi connectivity index (χ0) is 24.4. The van der Waals surface area contributed by atoms with E-state index in [1.165, 1.54) is 17.5 Å². The molecular formula is C22H29Cl2N7O2S2. The Balaban J connectivity index is 0.00000342. The minimum atomic E-state index is -0.454. The van der Waals surface area contributed by atoms with Gasteiger partial charge in [-0.05, 0) is 52.5 Å². The van der Waals surface area contributed by atoms with Crippen LogP contribution in [0.25, 0.3) is 0 Å². The molecule has 2 amide bonds. The van der Waals surface area contributed by atoms with Gasteiger partial charge < -0.3 is 20.9 Å². The van der Waals surface area contributed by atoms with Crippen LogP contribution in [0.5, 0.6) is 0 Å². The number of carbonyl (C=O) groups excluding carboxylic acids is 2. The number of halogens is 2. The summed E-state index contributed by atoms with van der Waals surface area (Å²) in [5.41, 5.74) is 0.982. The Morgan fingerprint density at radius 1 is 1.20 bits per heavy atom. The molecular weight excluding hydrogens is 529 g/mol. The predicted octanol–water partition coefficient (Wildman–Crippen LogP) is 2.70. The van der Waals surface area contributed by atoms with Crippen LogP contribution in [-0.2, 0) is 17.9 Å². The molecule has 3 heterocycles. The van der Waals surface area contributed by atoms with Crippen molar-refractivity contribution < 1.29 is 9.59 Å². The number of aromatic nitrogens is 2. The van der Waals surface area contributed by atoms with E-state index >= 15 is 0 Å². The Bertz CT molecular complexity index is 1060. The average molecular weight is 559 g/mol. The Kier molecular flexibility index (Phi) is 9.41. The molecule has 0 radical (unpaired) electrons. The number of nitrogens with one attached hydrogen (secondary N) is 3. The first kappa shape index (κ1) is 27.7. The molecule has 1 aliphatic carbocycles. The molecule has 13 heteroatoms. The molecule has 9 nitrogen and oxygen atoms in total. The molecule has 190 valence electrons. The van der Waals surface area contributed by atoms with Crippen molar-refractivity contribution in [1.29, 1.82) is 0 Å². The lowest BCUT2D eigenvalue weighted by atomic mass is 9.86. The minimum absolute atomic E-state index is 0. The van der Waals surface area contributed by atoms with Gasteiger partial charge in [0.2, 0.25) is 0 Å². The molecule has 0 spiro atoms. The predicted molar refractivity (Wildman–Crippen MR) is 145 cm³/mol. The number of rotatable bonds is 5. The molecule has 4 rings (SSSR count). The standard InChI is InChI=1S/C22H28ClN7O2S2.ClH/c1-29(2)13-5-6-14(26-21(33)19(31)28-18-7-4-12(23)9-24-18)15(8-13)25-20(32)22-27-16-10-30(3)11-17(16)34-22;/h4,7,9,13-15H,5-6,8,10-11H2,1-3H3,(H,25,32)(H,26,33)(H,24,28,31);1H/t13-,14-,15+;/m0./s1. The van der Waals surface area contributed by atoms with E-state index in [4.69, 9.17) is 23.8 Å². The van der Waals surface area contributed by atoms with E-state index in [9.17, 15) is 9.59 Å². The van der Waals surface area contributed by atoms with Crippen LogP contribution in [0.2, 0.25) is 5.02 Å². The lowest BCUT2D eigenvalue weighted by molar-refractivity contribution is -0.110. The molecule has 2 aromatic rings. The number of carbonyl (C=O) groups is 2. The zero-order valence-corrected chi connectivity index (χ0v) is 22.9. The highest BCUT2D eigenvalue weighted by Gasteiger charge is 2.35. The Morgan fingerprint density at radius 3 is 2.63 bits per heavy atom. The Hall–Kier alpha value is -1.89. The number of amides is 2. The van der Waals surface area contributed by atoms with Crippen molar-refractivity contribution >= 4 is 70.2 Å². The third-order valence-corrected chi connectivity index (χ3v) is 7.77. The fourth-order valence-electron chi connectivity index (χ4n) is 4.32. The largest absolute Gasteiger partial charge is 0.367 e. The number of anilines is 1. The summed E-state index contributed by atoms with van der Waals surface area (Å²) in [7, 11) is 6.11. The van der Waals surface area contributed by atoms with E-state index in [1.807, 2.05) is 21.1 Å². The minimum Gasteiger partial charge on any atom is -0.367 e. The summed E-state index contributed by atoms with van der Waals surface area (Å²) in [6.07, 6.45) is 3.89. The van der Waals surface area contributed by atoms with E-state index in [1.54, 1.807) is 12.1 Å². The fraction of sp³-hybridized carbons (Fsp3) is 0.500. The second-order valence-corrected chi connectivity index (χ2v) is 10.9. The molecule has 1 aliphatic heterocycles. The fourth-order valence-corrected chi connectivity index (χ4v) is 5.69. The zero-order valence-electron chi connectivity index (χ0n) is 19.7. The summed E-state index contributed by atoms with van der Waals surface area (Å²) in [6.45, 7) is 1.59. The van der Waals surface area contributed by atoms with Gasteiger partial charge in [0.15, 0.2) is 10.00 Å². The number of thiazole rings is 1. The molecule has 0 bridgehead atoms. The van der Waals surface area contributed by atoms with E-state index in [2.05, 4.69) is 35.7 Å². The normalized spacial score (nSPS) is 21.7. The number of nitrogens with zero attached hydrogens (tertiary/aromatic N) is 4. The lowest BCUT2D eigenvalue weighted by Crippen LogP contribution is -2.58. The SMILES string of the molecule is CN1Cc2nc(C(=O)N[C@@H]3C[C@@H](N(C)C)CC[C@@H]3NC(=S)C(=O)Nc3ccc(Cl)cn3)sc2C1.Cl. The molecule has 2 aromatic heterocycles. The first-order valence-corrected chi connectivity index (χ1v) is 12.7. The van der Waals surface area contributed by atoms with E-state index in [-0.39, 0.29) is 35.4 Å². The van der Waals surface area contributed by atoms with Crippen LogP contribution in [-0.4, -0.2) is 75.8 Å². The average Bonchev–Trinajstić information content (AvgIpc) is 3.34. The molecule has 35 heavy (non-hydrogen) atoms. The molecule has 1 fully saturated rings. The summed E-state index contributed by atoms with van der Waals surface area (Å²) >= 11 is 12.7. The van der Waals surface area contributed by atoms with Crippen molar-refractivity contribution in [3.05, 3.63) is 38.9 Å². The Morgan fingerprint density at radius 2 is 1.97 bits per heavy atom. The maximum absolute atomic E-state index is 13.1. The van der Waals surface area contributed by atoms with Gasteiger partial charge >= 0.3 is 0 Å². The first-order valence-electron chi connectivity index (χ1n) is 11.1. The van der Waals surface area contributed by atoms with Gasteiger partial charge in [0.05, 0.1) is 16.8 Å². The summed E-state index contributed by atoms with van der Waals surface area (Å²) in [5.74, 6) is -0.272.